The van der Waals surface area contributed by atoms with Crippen LogP contribution >= 0.6 is 0 Å². The Morgan fingerprint density at radius 2 is 2.15 bits per heavy atom. The average Bonchev–Trinajstić information content (AvgIpc) is 2.66. The zero-order valence-corrected chi connectivity index (χ0v) is 16.4. The number of nitrogens with one attached hydrogen (secondary N) is 1. The Kier molecular flexibility index (Phi) is 6.61. The van der Waals surface area contributed by atoms with Crippen LogP contribution in [0.5, 0.6) is 0 Å². The molecule has 1 unspecified atom stereocenters. The monoisotopic (exact) mass is 370 g/mol. The lowest BCUT2D eigenvalue weighted by Gasteiger charge is -2.33. The Labute approximate surface area is 160 Å². The SMILES string of the molecule is Cc1cccc2c(=O)n(CC(=O)NCCCCN3CCCCC3C)cnc12. The predicted molar refractivity (Wildman–Crippen MR) is 108 cm³/mol. The van der Waals surface area contributed by atoms with E-state index in [4.69, 9.17) is 0 Å². The Balaban J connectivity index is 1.45. The Bertz CT molecular complexity index is 846. The van der Waals surface area contributed by atoms with E-state index < -0.39 is 0 Å². The number of amides is 1. The minimum atomic E-state index is -0.169. The van der Waals surface area contributed by atoms with Crippen LogP contribution in [0.2, 0.25) is 0 Å². The molecular weight excluding hydrogens is 340 g/mol. The second-order valence-electron chi connectivity index (χ2n) is 7.59. The molecule has 0 aliphatic carbocycles. The van der Waals surface area contributed by atoms with Gasteiger partial charge in [0.05, 0.1) is 17.2 Å². The summed E-state index contributed by atoms with van der Waals surface area (Å²) in [6, 6.07) is 6.21. The number of carbonyl (C=O) groups is 1. The molecule has 0 bridgehead atoms. The summed E-state index contributed by atoms with van der Waals surface area (Å²) in [5.74, 6) is -0.141. The Morgan fingerprint density at radius 3 is 2.96 bits per heavy atom. The summed E-state index contributed by atoms with van der Waals surface area (Å²) in [6.07, 6.45) is 7.45. The number of hydrogen-bond acceptors (Lipinski definition) is 4. The number of aryl methyl sites for hydroxylation is 1. The summed E-state index contributed by atoms with van der Waals surface area (Å²) in [6.45, 7) is 7.19. The molecule has 6 nitrogen and oxygen atoms in total. The van der Waals surface area contributed by atoms with Crippen molar-refractivity contribution in [3.8, 4) is 0 Å². The van der Waals surface area contributed by atoms with Crippen LogP contribution in [-0.2, 0) is 11.3 Å². The minimum Gasteiger partial charge on any atom is -0.355 e. The van der Waals surface area contributed by atoms with E-state index in [0.717, 1.165) is 24.9 Å². The molecule has 0 spiro atoms. The number of hydrogen-bond donors (Lipinski definition) is 1. The fourth-order valence-electron chi connectivity index (χ4n) is 3.82. The molecule has 3 rings (SSSR count). The molecule has 1 atom stereocenters. The molecule has 2 aromatic rings. The normalized spacial score (nSPS) is 17.9. The summed E-state index contributed by atoms with van der Waals surface area (Å²) in [7, 11) is 0. The topological polar surface area (TPSA) is 67.2 Å². The second kappa shape index (κ2) is 9.13. The molecule has 146 valence electrons. The smallest absolute Gasteiger partial charge is 0.261 e. The van der Waals surface area contributed by atoms with E-state index in [0.29, 0.717) is 23.5 Å². The molecule has 1 aliphatic rings. The number of para-hydroxylation sites is 1. The van der Waals surface area contributed by atoms with Gasteiger partial charge in [-0.15, -0.1) is 0 Å². The zero-order valence-electron chi connectivity index (χ0n) is 16.4. The molecule has 1 aliphatic heterocycles. The van der Waals surface area contributed by atoms with Crippen molar-refractivity contribution in [1.29, 1.82) is 0 Å². The van der Waals surface area contributed by atoms with Gasteiger partial charge in [0.2, 0.25) is 5.91 Å². The highest BCUT2D eigenvalue weighted by atomic mass is 16.2. The molecule has 1 fully saturated rings. The van der Waals surface area contributed by atoms with Crippen LogP contribution in [0.15, 0.2) is 29.3 Å². The van der Waals surface area contributed by atoms with E-state index >= 15 is 0 Å². The Morgan fingerprint density at radius 1 is 1.30 bits per heavy atom. The number of likely N-dealkylation sites (tertiary alicyclic amines) is 1. The van der Waals surface area contributed by atoms with Crippen LogP contribution in [0.25, 0.3) is 10.9 Å². The molecule has 1 aromatic heterocycles. The van der Waals surface area contributed by atoms with Gasteiger partial charge >= 0.3 is 0 Å². The highest BCUT2D eigenvalue weighted by molar-refractivity contribution is 5.81. The van der Waals surface area contributed by atoms with Crippen molar-refractivity contribution in [2.75, 3.05) is 19.6 Å². The zero-order chi connectivity index (χ0) is 19.2. The van der Waals surface area contributed by atoms with Crippen LogP contribution in [-0.4, -0.2) is 46.0 Å². The number of piperidine rings is 1. The van der Waals surface area contributed by atoms with Crippen LogP contribution in [0, 0.1) is 6.92 Å². The number of unbranched alkanes of at least 4 members (excludes halogenated alkanes) is 1. The first kappa shape index (κ1) is 19.5. The fourth-order valence-corrected chi connectivity index (χ4v) is 3.82. The average molecular weight is 370 g/mol. The Hall–Kier alpha value is -2.21. The maximum atomic E-state index is 12.5. The number of carbonyl (C=O) groups excluding carboxylic acids is 1. The van der Waals surface area contributed by atoms with Gasteiger partial charge in [0.25, 0.3) is 5.56 Å². The predicted octanol–water partition coefficient (Wildman–Crippen LogP) is 2.48. The van der Waals surface area contributed by atoms with Gasteiger partial charge in [0.15, 0.2) is 0 Å². The van der Waals surface area contributed by atoms with Gasteiger partial charge in [-0.25, -0.2) is 4.98 Å². The molecule has 0 radical (unpaired) electrons. The van der Waals surface area contributed by atoms with E-state index in [1.165, 1.54) is 36.7 Å². The van der Waals surface area contributed by atoms with E-state index in [2.05, 4.69) is 22.1 Å². The van der Waals surface area contributed by atoms with Crippen LogP contribution in [0.3, 0.4) is 0 Å². The summed E-state index contributed by atoms with van der Waals surface area (Å²) in [4.78, 5) is 31.6. The molecule has 0 saturated carbocycles. The highest BCUT2D eigenvalue weighted by Gasteiger charge is 2.17. The molecule has 1 saturated heterocycles. The van der Waals surface area contributed by atoms with Crippen molar-refractivity contribution in [2.45, 2.75) is 58.5 Å². The molecule has 6 heteroatoms. The number of nitrogens with zero attached hydrogens (tertiary/aromatic N) is 3. The maximum absolute atomic E-state index is 12.5. The summed E-state index contributed by atoms with van der Waals surface area (Å²) >= 11 is 0. The standard InChI is InChI=1S/C21H30N4O2/c1-16-8-7-10-18-20(16)23-15-25(21(18)27)14-19(26)22-11-4-6-13-24-12-5-3-9-17(24)2/h7-8,10,15,17H,3-6,9,11-14H2,1-2H3,(H,22,26). The lowest BCUT2D eigenvalue weighted by Crippen LogP contribution is -2.38. The second-order valence-corrected chi connectivity index (χ2v) is 7.59. The number of rotatable bonds is 7. The lowest BCUT2D eigenvalue weighted by molar-refractivity contribution is -0.121. The van der Waals surface area contributed by atoms with Gasteiger partial charge in [-0.2, -0.15) is 0 Å². The summed E-state index contributed by atoms with van der Waals surface area (Å²) < 4.78 is 1.38. The third-order valence-corrected chi connectivity index (χ3v) is 5.50. The fraction of sp³-hybridized carbons (Fsp3) is 0.571. The highest BCUT2D eigenvalue weighted by Crippen LogP contribution is 2.16. The number of fused-ring (bicyclic) bond motifs is 1. The quantitative estimate of drug-likeness (QED) is 0.761. The molecule has 1 amide bonds. The van der Waals surface area contributed by atoms with Crippen molar-refractivity contribution in [3.05, 3.63) is 40.4 Å². The van der Waals surface area contributed by atoms with Gasteiger partial charge < -0.3 is 10.2 Å². The third-order valence-electron chi connectivity index (χ3n) is 5.50. The maximum Gasteiger partial charge on any atom is 0.261 e. The van der Waals surface area contributed by atoms with Gasteiger partial charge in [0, 0.05) is 12.6 Å². The largest absolute Gasteiger partial charge is 0.355 e. The van der Waals surface area contributed by atoms with E-state index in [1.807, 2.05) is 19.1 Å². The van der Waals surface area contributed by atoms with Gasteiger partial charge in [-0.1, -0.05) is 18.6 Å². The van der Waals surface area contributed by atoms with Gasteiger partial charge in [0.1, 0.15) is 6.54 Å². The molecular formula is C21H30N4O2. The van der Waals surface area contributed by atoms with Crippen LogP contribution in [0.1, 0.15) is 44.6 Å². The van der Waals surface area contributed by atoms with E-state index in [-0.39, 0.29) is 18.0 Å². The lowest BCUT2D eigenvalue weighted by atomic mass is 10.0. The van der Waals surface area contributed by atoms with E-state index in [1.54, 1.807) is 6.07 Å². The first-order chi connectivity index (χ1) is 13.1. The van der Waals surface area contributed by atoms with E-state index in [9.17, 15) is 9.59 Å². The third kappa shape index (κ3) is 4.95. The van der Waals surface area contributed by atoms with Crippen molar-refractivity contribution in [1.82, 2.24) is 19.8 Å². The van der Waals surface area contributed by atoms with Crippen molar-refractivity contribution in [3.63, 3.8) is 0 Å². The van der Waals surface area contributed by atoms with Crippen molar-refractivity contribution >= 4 is 16.8 Å². The van der Waals surface area contributed by atoms with Crippen LogP contribution < -0.4 is 10.9 Å². The molecule has 27 heavy (non-hydrogen) atoms. The summed E-state index contributed by atoms with van der Waals surface area (Å²) in [5, 5.41) is 3.48. The van der Waals surface area contributed by atoms with Gasteiger partial charge in [-0.3, -0.25) is 14.2 Å². The first-order valence-corrected chi connectivity index (χ1v) is 10.0. The van der Waals surface area contributed by atoms with Crippen molar-refractivity contribution in [2.24, 2.45) is 0 Å². The van der Waals surface area contributed by atoms with Gasteiger partial charge in [-0.05, 0) is 64.3 Å². The van der Waals surface area contributed by atoms with Crippen molar-refractivity contribution < 1.29 is 4.79 Å². The molecule has 2 heterocycles. The molecule has 1 aromatic carbocycles. The van der Waals surface area contributed by atoms with Crippen LogP contribution in [0.4, 0.5) is 0 Å². The summed E-state index contributed by atoms with van der Waals surface area (Å²) in [5.41, 5.74) is 1.49. The first-order valence-electron chi connectivity index (χ1n) is 10.0. The molecule has 1 N–H and O–H groups in total. The number of aromatic nitrogens is 2. The minimum absolute atomic E-state index is 0.0128. The number of benzene rings is 1.